The quantitative estimate of drug-likeness (QED) is 0.896. The van der Waals surface area contributed by atoms with Gasteiger partial charge in [0.15, 0.2) is 0 Å². The molecule has 1 saturated heterocycles. The van der Waals surface area contributed by atoms with Gasteiger partial charge in [0.1, 0.15) is 5.82 Å². The predicted molar refractivity (Wildman–Crippen MR) is 87.3 cm³/mol. The van der Waals surface area contributed by atoms with Crippen LogP contribution < -0.4 is 16.0 Å². The summed E-state index contributed by atoms with van der Waals surface area (Å²) in [6.45, 7) is 7.30. The molecule has 0 aliphatic carbocycles. The van der Waals surface area contributed by atoms with Crippen molar-refractivity contribution in [2.75, 3.05) is 18.0 Å². The molecule has 1 aromatic rings. The van der Waals surface area contributed by atoms with Gasteiger partial charge in [-0.05, 0) is 50.5 Å². The molecule has 0 bridgehead atoms. The number of anilines is 1. The van der Waals surface area contributed by atoms with Crippen LogP contribution in [0.25, 0.3) is 0 Å². The van der Waals surface area contributed by atoms with Crippen LogP contribution in [0.2, 0.25) is 0 Å². The van der Waals surface area contributed by atoms with Crippen molar-refractivity contribution in [1.29, 1.82) is 0 Å². The van der Waals surface area contributed by atoms with Gasteiger partial charge < -0.3 is 16.0 Å². The lowest BCUT2D eigenvalue weighted by Crippen LogP contribution is -2.50. The van der Waals surface area contributed by atoms with Crippen molar-refractivity contribution in [2.45, 2.75) is 45.7 Å². The standard InChI is InChI=1S/C17H26FN3O/c1-11-9-14(18)6-7-16(11)21-8-4-5-15(10-21)20-17(22)12(2)13(3)19/h6-7,9,12-13,15H,4-5,8,10,19H2,1-3H3,(H,20,22). The summed E-state index contributed by atoms with van der Waals surface area (Å²) in [5.74, 6) is -0.394. The number of nitrogens with two attached hydrogens (primary N) is 1. The predicted octanol–water partition coefficient (Wildman–Crippen LogP) is 2.20. The Labute approximate surface area is 131 Å². The van der Waals surface area contributed by atoms with Crippen LogP contribution >= 0.6 is 0 Å². The summed E-state index contributed by atoms with van der Waals surface area (Å²) in [6, 6.07) is 4.82. The minimum atomic E-state index is -0.214. The Morgan fingerprint density at radius 1 is 1.45 bits per heavy atom. The number of aryl methyl sites for hydroxylation is 1. The number of carbonyl (C=O) groups is 1. The van der Waals surface area contributed by atoms with Crippen LogP contribution in [0.1, 0.15) is 32.3 Å². The van der Waals surface area contributed by atoms with Gasteiger partial charge in [0, 0.05) is 36.8 Å². The average molecular weight is 307 g/mol. The molecule has 3 N–H and O–H groups in total. The summed E-state index contributed by atoms with van der Waals surface area (Å²) >= 11 is 0. The number of hydrogen-bond acceptors (Lipinski definition) is 3. The van der Waals surface area contributed by atoms with Crippen LogP contribution in [0, 0.1) is 18.7 Å². The third kappa shape index (κ3) is 3.97. The number of hydrogen-bond donors (Lipinski definition) is 2. The lowest BCUT2D eigenvalue weighted by molar-refractivity contribution is -0.125. The lowest BCUT2D eigenvalue weighted by atomic mass is 10.00. The van der Waals surface area contributed by atoms with Crippen LogP contribution in [0.4, 0.5) is 10.1 Å². The maximum atomic E-state index is 13.2. The van der Waals surface area contributed by atoms with E-state index in [0.29, 0.717) is 0 Å². The first-order valence-electron chi connectivity index (χ1n) is 7.95. The van der Waals surface area contributed by atoms with Gasteiger partial charge >= 0.3 is 0 Å². The minimum absolute atomic E-state index is 0.0117. The number of benzene rings is 1. The van der Waals surface area contributed by atoms with Crippen LogP contribution in [0.5, 0.6) is 0 Å². The van der Waals surface area contributed by atoms with Crippen LogP contribution in [-0.4, -0.2) is 31.1 Å². The smallest absolute Gasteiger partial charge is 0.224 e. The number of nitrogens with zero attached hydrogens (tertiary/aromatic N) is 1. The van der Waals surface area contributed by atoms with Gasteiger partial charge in [0.2, 0.25) is 5.91 Å². The highest BCUT2D eigenvalue weighted by Gasteiger charge is 2.25. The van der Waals surface area contributed by atoms with Crippen molar-refractivity contribution >= 4 is 11.6 Å². The molecule has 1 aliphatic rings. The Morgan fingerprint density at radius 3 is 2.82 bits per heavy atom. The highest BCUT2D eigenvalue weighted by molar-refractivity contribution is 5.79. The Balaban J connectivity index is 2.01. The van der Waals surface area contributed by atoms with Crippen molar-refractivity contribution in [3.8, 4) is 0 Å². The van der Waals surface area contributed by atoms with Crippen LogP contribution in [0.3, 0.4) is 0 Å². The minimum Gasteiger partial charge on any atom is -0.369 e. The number of halogens is 1. The fraction of sp³-hybridized carbons (Fsp3) is 0.588. The zero-order chi connectivity index (χ0) is 16.3. The average Bonchev–Trinajstić information content (AvgIpc) is 2.46. The second-order valence-corrected chi connectivity index (χ2v) is 6.37. The highest BCUT2D eigenvalue weighted by atomic mass is 19.1. The molecule has 1 fully saturated rings. The molecule has 2 rings (SSSR count). The summed E-state index contributed by atoms with van der Waals surface area (Å²) in [7, 11) is 0. The Morgan fingerprint density at radius 2 is 2.18 bits per heavy atom. The second-order valence-electron chi connectivity index (χ2n) is 6.37. The molecular formula is C17H26FN3O. The molecule has 0 spiro atoms. The van der Waals surface area contributed by atoms with Crippen molar-refractivity contribution in [2.24, 2.45) is 11.7 Å². The Bertz CT molecular complexity index is 533. The first-order chi connectivity index (χ1) is 10.4. The second kappa shape index (κ2) is 7.09. The van der Waals surface area contributed by atoms with Gasteiger partial charge in [-0.25, -0.2) is 4.39 Å². The lowest BCUT2D eigenvalue weighted by Gasteiger charge is -2.36. The molecule has 3 atom stereocenters. The molecule has 4 nitrogen and oxygen atoms in total. The monoisotopic (exact) mass is 307 g/mol. The van der Waals surface area contributed by atoms with E-state index in [1.165, 1.54) is 6.07 Å². The summed E-state index contributed by atoms with van der Waals surface area (Å²) < 4.78 is 13.2. The summed E-state index contributed by atoms with van der Waals surface area (Å²) in [5.41, 5.74) is 7.76. The number of carbonyl (C=O) groups excluding carboxylic acids is 1. The van der Waals surface area contributed by atoms with Gasteiger partial charge in [-0.3, -0.25) is 4.79 Å². The summed E-state index contributed by atoms with van der Waals surface area (Å²) in [4.78, 5) is 14.4. The van der Waals surface area contributed by atoms with E-state index in [9.17, 15) is 9.18 Å². The van der Waals surface area contributed by atoms with Gasteiger partial charge in [0.25, 0.3) is 0 Å². The normalized spacial score (nSPS) is 21.3. The van der Waals surface area contributed by atoms with E-state index in [-0.39, 0.29) is 29.7 Å². The zero-order valence-electron chi connectivity index (χ0n) is 13.6. The molecule has 0 aromatic heterocycles. The van der Waals surface area contributed by atoms with Crippen molar-refractivity contribution in [3.63, 3.8) is 0 Å². The van der Waals surface area contributed by atoms with E-state index < -0.39 is 0 Å². The van der Waals surface area contributed by atoms with Crippen molar-refractivity contribution in [1.82, 2.24) is 5.32 Å². The van der Waals surface area contributed by atoms with Crippen LogP contribution in [0.15, 0.2) is 18.2 Å². The van der Waals surface area contributed by atoms with E-state index in [1.807, 2.05) is 26.8 Å². The maximum Gasteiger partial charge on any atom is 0.224 e. The third-order valence-corrected chi connectivity index (χ3v) is 4.47. The van der Waals surface area contributed by atoms with Gasteiger partial charge in [-0.15, -0.1) is 0 Å². The fourth-order valence-electron chi connectivity index (χ4n) is 2.86. The highest BCUT2D eigenvalue weighted by Crippen LogP contribution is 2.24. The molecule has 0 radical (unpaired) electrons. The summed E-state index contributed by atoms with van der Waals surface area (Å²) in [6.07, 6.45) is 1.97. The number of rotatable bonds is 4. The number of nitrogens with one attached hydrogen (secondary N) is 1. The third-order valence-electron chi connectivity index (χ3n) is 4.47. The molecule has 1 aliphatic heterocycles. The zero-order valence-corrected chi connectivity index (χ0v) is 13.6. The van der Waals surface area contributed by atoms with Gasteiger partial charge in [-0.2, -0.15) is 0 Å². The van der Waals surface area contributed by atoms with E-state index in [1.54, 1.807) is 6.07 Å². The molecule has 22 heavy (non-hydrogen) atoms. The molecule has 1 aromatic carbocycles. The number of piperidine rings is 1. The first kappa shape index (κ1) is 16.7. The molecule has 1 amide bonds. The molecule has 3 unspecified atom stereocenters. The SMILES string of the molecule is Cc1cc(F)ccc1N1CCCC(NC(=O)C(C)C(C)N)C1. The molecule has 122 valence electrons. The van der Waals surface area contributed by atoms with Crippen molar-refractivity contribution < 1.29 is 9.18 Å². The molecule has 0 saturated carbocycles. The van der Waals surface area contributed by atoms with E-state index >= 15 is 0 Å². The molecule has 5 heteroatoms. The van der Waals surface area contributed by atoms with Crippen molar-refractivity contribution in [3.05, 3.63) is 29.6 Å². The Hall–Kier alpha value is -1.62. The van der Waals surface area contributed by atoms with E-state index in [4.69, 9.17) is 5.73 Å². The maximum absolute atomic E-state index is 13.2. The number of amides is 1. The fourth-order valence-corrected chi connectivity index (χ4v) is 2.86. The van der Waals surface area contributed by atoms with E-state index in [2.05, 4.69) is 10.2 Å². The summed E-state index contributed by atoms with van der Waals surface area (Å²) in [5, 5.41) is 3.10. The van der Waals surface area contributed by atoms with Crippen LogP contribution in [-0.2, 0) is 4.79 Å². The molecule has 1 heterocycles. The Kier molecular flexibility index (Phi) is 5.40. The van der Waals surface area contributed by atoms with Gasteiger partial charge in [-0.1, -0.05) is 6.92 Å². The topological polar surface area (TPSA) is 58.4 Å². The van der Waals surface area contributed by atoms with Gasteiger partial charge in [0.05, 0.1) is 0 Å². The molecular weight excluding hydrogens is 281 g/mol. The first-order valence-corrected chi connectivity index (χ1v) is 7.95. The largest absolute Gasteiger partial charge is 0.369 e. The van der Waals surface area contributed by atoms with E-state index in [0.717, 1.165) is 37.2 Å².